The summed E-state index contributed by atoms with van der Waals surface area (Å²) in [7, 11) is 0. The molecular weight excluding hydrogens is 258 g/mol. The van der Waals surface area contributed by atoms with E-state index >= 15 is 0 Å². The van der Waals surface area contributed by atoms with Gasteiger partial charge in [-0.25, -0.2) is 0 Å². The topological polar surface area (TPSA) is 12.0 Å². The third-order valence-electron chi connectivity index (χ3n) is 1.99. The van der Waals surface area contributed by atoms with Gasteiger partial charge >= 0.3 is 0 Å². The second kappa shape index (κ2) is 5.69. The summed E-state index contributed by atoms with van der Waals surface area (Å²) in [5.41, 5.74) is 2.57. The van der Waals surface area contributed by atoms with Crippen molar-refractivity contribution < 1.29 is 0 Å². The van der Waals surface area contributed by atoms with Gasteiger partial charge in [0.25, 0.3) is 0 Å². The fourth-order valence-corrected chi connectivity index (χ4v) is 2.64. The lowest BCUT2D eigenvalue weighted by atomic mass is 10.0. The molecule has 0 bridgehead atoms. The van der Waals surface area contributed by atoms with E-state index in [0.717, 1.165) is 13.0 Å². The Kier molecular flexibility index (Phi) is 4.85. The molecule has 3 heteroatoms. The lowest BCUT2D eigenvalue weighted by Gasteiger charge is -2.16. The average Bonchev–Trinajstić information content (AvgIpc) is 2.50. The van der Waals surface area contributed by atoms with E-state index in [1.54, 1.807) is 11.3 Å². The van der Waals surface area contributed by atoms with E-state index in [4.69, 9.17) is 0 Å². The summed E-state index contributed by atoms with van der Waals surface area (Å²) in [6.45, 7) is 9.16. The van der Waals surface area contributed by atoms with Gasteiger partial charge in [0.2, 0.25) is 0 Å². The highest BCUT2D eigenvalue weighted by atomic mass is 79.9. The second-order valence-corrected chi connectivity index (χ2v) is 5.75. The molecule has 1 atom stereocenters. The first-order valence-electron chi connectivity index (χ1n) is 4.75. The fourth-order valence-electron chi connectivity index (χ4n) is 1.41. The summed E-state index contributed by atoms with van der Waals surface area (Å²) >= 11 is 5.22. The molecule has 0 spiro atoms. The summed E-state index contributed by atoms with van der Waals surface area (Å²) in [5, 5.41) is 5.66. The van der Waals surface area contributed by atoms with E-state index in [2.05, 4.69) is 53.1 Å². The van der Waals surface area contributed by atoms with Crippen molar-refractivity contribution >= 4 is 27.3 Å². The van der Waals surface area contributed by atoms with Crippen LogP contribution in [-0.4, -0.2) is 6.54 Å². The van der Waals surface area contributed by atoms with Crippen LogP contribution in [0, 0.1) is 0 Å². The van der Waals surface area contributed by atoms with Gasteiger partial charge in [0.15, 0.2) is 0 Å². The predicted octanol–water partition coefficient (Wildman–Crippen LogP) is 4.13. The third kappa shape index (κ3) is 3.56. The Morgan fingerprint density at radius 2 is 2.43 bits per heavy atom. The van der Waals surface area contributed by atoms with E-state index in [1.165, 1.54) is 14.9 Å². The summed E-state index contributed by atoms with van der Waals surface area (Å²) < 4.78 is 1.19. The minimum atomic E-state index is 0.417. The summed E-state index contributed by atoms with van der Waals surface area (Å²) in [6.07, 6.45) is 1.01. The Morgan fingerprint density at radius 1 is 1.71 bits per heavy atom. The number of rotatable bonds is 5. The number of hydrogen-bond donors (Lipinski definition) is 1. The first kappa shape index (κ1) is 12.0. The zero-order valence-corrected chi connectivity index (χ0v) is 11.0. The van der Waals surface area contributed by atoms with E-state index in [1.807, 2.05) is 0 Å². The van der Waals surface area contributed by atoms with Gasteiger partial charge in [-0.1, -0.05) is 12.5 Å². The van der Waals surface area contributed by atoms with Crippen LogP contribution in [-0.2, 0) is 0 Å². The molecule has 0 aliphatic carbocycles. The molecule has 14 heavy (non-hydrogen) atoms. The minimum Gasteiger partial charge on any atom is -0.310 e. The van der Waals surface area contributed by atoms with Crippen LogP contribution in [0.1, 0.15) is 31.9 Å². The lowest BCUT2D eigenvalue weighted by molar-refractivity contribution is 0.549. The van der Waals surface area contributed by atoms with Crippen LogP contribution >= 0.6 is 27.3 Å². The van der Waals surface area contributed by atoms with E-state index < -0.39 is 0 Å². The van der Waals surface area contributed by atoms with Gasteiger partial charge in [-0.3, -0.25) is 0 Å². The molecule has 1 unspecified atom stereocenters. The highest BCUT2D eigenvalue weighted by Gasteiger charge is 2.11. The van der Waals surface area contributed by atoms with Crippen molar-refractivity contribution in [1.82, 2.24) is 5.32 Å². The van der Waals surface area contributed by atoms with Crippen LogP contribution in [0.2, 0.25) is 0 Å². The summed E-state index contributed by atoms with van der Waals surface area (Å²) in [4.78, 5) is 0. The van der Waals surface area contributed by atoms with E-state index in [0.29, 0.717) is 6.04 Å². The van der Waals surface area contributed by atoms with Crippen molar-refractivity contribution in [3.63, 3.8) is 0 Å². The van der Waals surface area contributed by atoms with Gasteiger partial charge in [-0.2, -0.15) is 0 Å². The van der Waals surface area contributed by atoms with Crippen LogP contribution in [0.4, 0.5) is 0 Å². The second-order valence-electron chi connectivity index (χ2n) is 3.46. The predicted molar refractivity (Wildman–Crippen MR) is 67.9 cm³/mol. The fraction of sp³-hybridized carbons (Fsp3) is 0.455. The number of thiophene rings is 1. The molecular formula is C11H16BrNS. The normalized spacial score (nSPS) is 12.8. The van der Waals surface area contributed by atoms with Gasteiger partial charge < -0.3 is 5.32 Å². The maximum atomic E-state index is 3.96. The molecule has 0 aromatic carbocycles. The molecule has 1 rings (SSSR count). The standard InChI is InChI=1S/C11H16BrNS/c1-4-13-10(5-8(2)3)9-6-11(12)14-7-9/h6-7,10,13H,2,4-5H2,1,3H3. The Morgan fingerprint density at radius 3 is 2.86 bits per heavy atom. The van der Waals surface area contributed by atoms with Crippen molar-refractivity contribution in [2.24, 2.45) is 0 Å². The maximum Gasteiger partial charge on any atom is 0.0701 e. The van der Waals surface area contributed by atoms with Crippen molar-refractivity contribution in [2.75, 3.05) is 6.54 Å². The average molecular weight is 274 g/mol. The zero-order valence-electron chi connectivity index (χ0n) is 8.64. The Labute approximate surface area is 98.4 Å². The molecule has 1 N–H and O–H groups in total. The van der Waals surface area contributed by atoms with Crippen molar-refractivity contribution in [3.8, 4) is 0 Å². The maximum absolute atomic E-state index is 3.96. The molecule has 0 saturated heterocycles. The van der Waals surface area contributed by atoms with E-state index in [-0.39, 0.29) is 0 Å². The van der Waals surface area contributed by atoms with Crippen LogP contribution in [0.15, 0.2) is 27.4 Å². The third-order valence-corrected chi connectivity index (χ3v) is 3.52. The largest absolute Gasteiger partial charge is 0.310 e. The van der Waals surface area contributed by atoms with Gasteiger partial charge in [0.1, 0.15) is 0 Å². The van der Waals surface area contributed by atoms with Crippen molar-refractivity contribution in [3.05, 3.63) is 32.9 Å². The number of nitrogens with one attached hydrogen (secondary N) is 1. The molecule has 1 aromatic heterocycles. The summed E-state index contributed by atoms with van der Waals surface area (Å²) in [5.74, 6) is 0. The molecule has 78 valence electrons. The lowest BCUT2D eigenvalue weighted by Crippen LogP contribution is -2.20. The number of hydrogen-bond acceptors (Lipinski definition) is 2. The highest BCUT2D eigenvalue weighted by Crippen LogP contribution is 2.28. The Balaban J connectivity index is 2.71. The molecule has 1 aromatic rings. The minimum absolute atomic E-state index is 0.417. The molecule has 0 radical (unpaired) electrons. The quantitative estimate of drug-likeness (QED) is 0.796. The first-order valence-corrected chi connectivity index (χ1v) is 6.42. The first-order chi connectivity index (χ1) is 6.63. The molecule has 0 fully saturated rings. The molecule has 0 aliphatic heterocycles. The van der Waals surface area contributed by atoms with Gasteiger partial charge in [0.05, 0.1) is 3.79 Å². The molecule has 0 saturated carbocycles. The number of halogens is 1. The molecule has 1 nitrogen and oxygen atoms in total. The van der Waals surface area contributed by atoms with Gasteiger partial charge in [0, 0.05) is 6.04 Å². The summed E-state index contributed by atoms with van der Waals surface area (Å²) in [6, 6.07) is 2.60. The molecule has 0 aliphatic rings. The van der Waals surface area contributed by atoms with Crippen LogP contribution in [0.3, 0.4) is 0 Å². The van der Waals surface area contributed by atoms with Crippen LogP contribution < -0.4 is 5.32 Å². The Bertz CT molecular complexity index is 306. The zero-order chi connectivity index (χ0) is 10.6. The van der Waals surface area contributed by atoms with E-state index in [9.17, 15) is 0 Å². The molecule has 0 amide bonds. The van der Waals surface area contributed by atoms with Crippen molar-refractivity contribution in [1.29, 1.82) is 0 Å². The monoisotopic (exact) mass is 273 g/mol. The van der Waals surface area contributed by atoms with Crippen LogP contribution in [0.5, 0.6) is 0 Å². The van der Waals surface area contributed by atoms with Gasteiger partial charge in [-0.05, 0) is 52.8 Å². The van der Waals surface area contributed by atoms with Crippen LogP contribution in [0.25, 0.3) is 0 Å². The highest BCUT2D eigenvalue weighted by molar-refractivity contribution is 9.11. The SMILES string of the molecule is C=C(C)CC(NCC)c1csc(Br)c1. The van der Waals surface area contributed by atoms with Gasteiger partial charge in [-0.15, -0.1) is 17.9 Å². The van der Waals surface area contributed by atoms with Crippen molar-refractivity contribution in [2.45, 2.75) is 26.3 Å². The molecule has 1 heterocycles. The Hall–Kier alpha value is -0.120. The smallest absolute Gasteiger partial charge is 0.0701 e.